The minimum Gasteiger partial charge on any atom is -0.488 e. The van der Waals surface area contributed by atoms with Gasteiger partial charge in [-0.25, -0.2) is 4.99 Å². The summed E-state index contributed by atoms with van der Waals surface area (Å²) < 4.78 is 8.15. The molecule has 0 fully saturated rings. The molecule has 2 rings (SSSR count). The fourth-order valence-corrected chi connectivity index (χ4v) is 3.18. The number of ether oxygens (including phenoxy) is 1. The number of hydrogen-bond acceptors (Lipinski definition) is 5. The van der Waals surface area contributed by atoms with Crippen molar-refractivity contribution in [2.75, 3.05) is 18.6 Å². The molecule has 0 bridgehead atoms. The predicted molar refractivity (Wildman–Crippen MR) is 126 cm³/mol. The lowest BCUT2D eigenvalue weighted by molar-refractivity contribution is 0.129. The van der Waals surface area contributed by atoms with Gasteiger partial charge in [-0.2, -0.15) is 11.8 Å². The summed E-state index contributed by atoms with van der Waals surface area (Å²) in [5, 5.41) is 15.2. The first kappa shape index (κ1) is 24.1. The van der Waals surface area contributed by atoms with E-state index in [0.717, 1.165) is 47.6 Å². The number of aliphatic imine (C=N–C) groups is 1. The van der Waals surface area contributed by atoms with Gasteiger partial charge in [0, 0.05) is 19.2 Å². The van der Waals surface area contributed by atoms with Crippen molar-refractivity contribution in [2.24, 2.45) is 12.0 Å². The van der Waals surface area contributed by atoms with E-state index in [4.69, 9.17) is 9.73 Å². The molecular weight excluding hydrogens is 396 g/mol. The summed E-state index contributed by atoms with van der Waals surface area (Å²) in [7, 11) is 1.97. The van der Waals surface area contributed by atoms with E-state index in [1.54, 1.807) is 0 Å². The minimum atomic E-state index is -0.257. The number of aromatic nitrogens is 3. The van der Waals surface area contributed by atoms with Crippen LogP contribution in [0.1, 0.15) is 50.0 Å². The third-order valence-corrected chi connectivity index (χ3v) is 5.16. The lowest BCUT2D eigenvalue weighted by Crippen LogP contribution is -2.38. The molecule has 1 aromatic heterocycles. The Morgan fingerprint density at radius 2 is 1.97 bits per heavy atom. The van der Waals surface area contributed by atoms with Crippen LogP contribution in [0.15, 0.2) is 23.2 Å². The monoisotopic (exact) mass is 432 g/mol. The smallest absolute Gasteiger partial charge is 0.191 e. The number of hydrogen-bond donors (Lipinski definition) is 2. The topological polar surface area (TPSA) is 76.4 Å². The summed E-state index contributed by atoms with van der Waals surface area (Å²) in [6.07, 6.45) is 3.20. The zero-order valence-corrected chi connectivity index (χ0v) is 20.2. The minimum absolute atomic E-state index is 0.257. The maximum absolute atomic E-state index is 6.17. The fourth-order valence-electron chi connectivity index (χ4n) is 2.75. The number of rotatable bonds is 9. The molecule has 0 aliphatic carbocycles. The highest BCUT2D eigenvalue weighted by molar-refractivity contribution is 7.98. The molecule has 1 heterocycles. The van der Waals surface area contributed by atoms with Gasteiger partial charge in [0.1, 0.15) is 17.2 Å². The van der Waals surface area contributed by atoms with Crippen molar-refractivity contribution in [3.63, 3.8) is 0 Å². The third kappa shape index (κ3) is 7.89. The van der Waals surface area contributed by atoms with Crippen molar-refractivity contribution in [3.8, 4) is 5.75 Å². The summed E-state index contributed by atoms with van der Waals surface area (Å²) in [5.41, 5.74) is 1.98. The second-order valence-electron chi connectivity index (χ2n) is 8.34. The molecule has 0 unspecified atom stereocenters. The molecular formula is C22H36N6OS. The molecule has 166 valence electrons. The van der Waals surface area contributed by atoms with E-state index in [1.165, 1.54) is 5.56 Å². The van der Waals surface area contributed by atoms with Gasteiger partial charge >= 0.3 is 0 Å². The Hall–Kier alpha value is -2.22. The number of thioether (sulfide) groups is 1. The quantitative estimate of drug-likeness (QED) is 0.358. The first-order valence-electron chi connectivity index (χ1n) is 10.3. The van der Waals surface area contributed by atoms with Crippen LogP contribution in [-0.2, 0) is 20.1 Å². The first-order valence-corrected chi connectivity index (χ1v) is 11.7. The molecule has 7 nitrogen and oxygen atoms in total. The highest BCUT2D eigenvalue weighted by Gasteiger charge is 2.15. The van der Waals surface area contributed by atoms with Crippen molar-refractivity contribution in [3.05, 3.63) is 41.0 Å². The standard InChI is InChI=1S/C22H36N6OS/c1-16-9-10-18(19(13-16)29-22(3,4)5)14-24-21(23-11-8-12-30-7)25-15-20-27-26-17(2)28(20)6/h9-10,13H,8,11-12,14-15H2,1-7H3,(H2,23,24,25). The Balaban J connectivity index is 2.13. The first-order chi connectivity index (χ1) is 14.2. The number of guanidine groups is 1. The molecule has 2 aromatic rings. The van der Waals surface area contributed by atoms with Crippen molar-refractivity contribution in [2.45, 2.75) is 59.7 Å². The van der Waals surface area contributed by atoms with E-state index in [1.807, 2.05) is 30.3 Å². The molecule has 0 saturated carbocycles. The van der Waals surface area contributed by atoms with Crippen molar-refractivity contribution in [1.82, 2.24) is 25.4 Å². The molecule has 0 saturated heterocycles. The SMILES string of the molecule is CSCCCNC(=NCc1ccc(C)cc1OC(C)(C)C)NCc1nnc(C)n1C. The molecule has 8 heteroatoms. The van der Waals surface area contributed by atoms with Gasteiger partial charge in [0.05, 0.1) is 13.1 Å². The molecule has 0 radical (unpaired) electrons. The number of benzene rings is 1. The predicted octanol–water partition coefficient (Wildman–Crippen LogP) is 3.60. The van der Waals surface area contributed by atoms with Gasteiger partial charge < -0.3 is 19.9 Å². The number of aryl methyl sites for hydroxylation is 2. The Kier molecular flexibility index (Phi) is 9.02. The number of nitrogens with one attached hydrogen (secondary N) is 2. The van der Waals surface area contributed by atoms with Gasteiger partial charge in [0.15, 0.2) is 11.8 Å². The van der Waals surface area contributed by atoms with Gasteiger partial charge in [-0.1, -0.05) is 12.1 Å². The van der Waals surface area contributed by atoms with Crippen molar-refractivity contribution in [1.29, 1.82) is 0 Å². The average molecular weight is 433 g/mol. The summed E-state index contributed by atoms with van der Waals surface area (Å²) in [5.74, 6) is 4.53. The van der Waals surface area contributed by atoms with Crippen LogP contribution in [0.5, 0.6) is 5.75 Å². The largest absolute Gasteiger partial charge is 0.488 e. The molecule has 1 aromatic carbocycles. The molecule has 2 N–H and O–H groups in total. The summed E-state index contributed by atoms with van der Waals surface area (Å²) in [6, 6.07) is 6.27. The highest BCUT2D eigenvalue weighted by Crippen LogP contribution is 2.25. The summed E-state index contributed by atoms with van der Waals surface area (Å²) in [4.78, 5) is 4.81. The van der Waals surface area contributed by atoms with Gasteiger partial charge in [0.2, 0.25) is 0 Å². The van der Waals surface area contributed by atoms with Crippen LogP contribution in [0, 0.1) is 13.8 Å². The summed E-state index contributed by atoms with van der Waals surface area (Å²) >= 11 is 1.85. The normalized spacial score (nSPS) is 12.2. The Morgan fingerprint density at radius 1 is 1.20 bits per heavy atom. The van der Waals surface area contributed by atoms with Crippen molar-refractivity contribution < 1.29 is 4.74 Å². The molecule has 0 spiro atoms. The van der Waals surface area contributed by atoms with Gasteiger partial charge in [-0.15, -0.1) is 10.2 Å². The van der Waals surface area contributed by atoms with Gasteiger partial charge in [-0.3, -0.25) is 0 Å². The molecule has 0 amide bonds. The lowest BCUT2D eigenvalue weighted by atomic mass is 10.1. The van der Waals surface area contributed by atoms with Crippen molar-refractivity contribution >= 4 is 17.7 Å². The van der Waals surface area contributed by atoms with Crippen LogP contribution < -0.4 is 15.4 Å². The Morgan fingerprint density at radius 3 is 2.60 bits per heavy atom. The van der Waals surface area contributed by atoms with Crippen LogP contribution in [-0.4, -0.2) is 44.9 Å². The van der Waals surface area contributed by atoms with E-state index in [-0.39, 0.29) is 5.60 Å². The van der Waals surface area contributed by atoms with Gasteiger partial charge in [0.25, 0.3) is 0 Å². The maximum atomic E-state index is 6.17. The second kappa shape index (κ2) is 11.2. The van der Waals surface area contributed by atoms with Gasteiger partial charge in [-0.05, 0) is 64.7 Å². The zero-order valence-electron chi connectivity index (χ0n) is 19.4. The second-order valence-corrected chi connectivity index (χ2v) is 9.33. The lowest BCUT2D eigenvalue weighted by Gasteiger charge is -2.23. The average Bonchev–Trinajstić information content (AvgIpc) is 2.98. The van der Waals surface area contributed by atoms with Crippen LogP contribution in [0.4, 0.5) is 0 Å². The van der Waals surface area contributed by atoms with E-state index >= 15 is 0 Å². The molecule has 30 heavy (non-hydrogen) atoms. The highest BCUT2D eigenvalue weighted by atomic mass is 32.2. The fraction of sp³-hybridized carbons (Fsp3) is 0.591. The number of nitrogens with zero attached hydrogens (tertiary/aromatic N) is 4. The molecule has 0 aliphatic rings. The van der Waals surface area contributed by atoms with E-state index in [9.17, 15) is 0 Å². The van der Waals surface area contributed by atoms with Crippen LogP contribution in [0.3, 0.4) is 0 Å². The zero-order chi connectivity index (χ0) is 22.1. The van der Waals surface area contributed by atoms with E-state index < -0.39 is 0 Å². The Bertz CT molecular complexity index is 841. The third-order valence-electron chi connectivity index (χ3n) is 4.46. The maximum Gasteiger partial charge on any atom is 0.191 e. The van der Waals surface area contributed by atoms with Crippen LogP contribution in [0.2, 0.25) is 0 Å². The molecule has 0 atom stereocenters. The summed E-state index contributed by atoms with van der Waals surface area (Å²) in [6.45, 7) is 12.2. The Labute approximate surface area is 185 Å². The van der Waals surface area contributed by atoms with Crippen LogP contribution in [0.25, 0.3) is 0 Å². The van der Waals surface area contributed by atoms with E-state index in [0.29, 0.717) is 13.1 Å². The van der Waals surface area contributed by atoms with E-state index in [2.05, 4.69) is 73.0 Å². The molecule has 0 aliphatic heterocycles. The van der Waals surface area contributed by atoms with Crippen LogP contribution >= 0.6 is 11.8 Å².